The molecule has 0 saturated carbocycles. The summed E-state index contributed by atoms with van der Waals surface area (Å²) in [5, 5.41) is 3.22. The molecule has 2 saturated heterocycles. The van der Waals surface area contributed by atoms with Crippen LogP contribution in [0.15, 0.2) is 0 Å². The average molecular weight is 234 g/mol. The molecule has 2 atom stereocenters. The number of halogens is 1. The molecule has 1 amide bonds. The predicted octanol–water partition coefficient (Wildman–Crippen LogP) is -0.0326. The lowest BCUT2D eigenvalue weighted by molar-refractivity contribution is -0.136. The zero-order valence-corrected chi connectivity index (χ0v) is 9.76. The molecule has 2 heterocycles. The second-order valence-electron chi connectivity index (χ2n) is 4.38. The Morgan fingerprint density at radius 2 is 2.20 bits per heavy atom. The van der Waals surface area contributed by atoms with Gasteiger partial charge in [0.05, 0.1) is 5.92 Å². The number of carbonyl (C=O) groups excluding carboxylic acids is 1. The van der Waals surface area contributed by atoms with Crippen LogP contribution in [0.5, 0.6) is 0 Å². The Labute approximate surface area is 97.0 Å². The quantitative estimate of drug-likeness (QED) is 0.669. The Morgan fingerprint density at radius 3 is 2.80 bits per heavy atom. The third-order valence-electron chi connectivity index (χ3n) is 3.18. The van der Waals surface area contributed by atoms with E-state index >= 15 is 0 Å². The molecule has 0 radical (unpaired) electrons. The van der Waals surface area contributed by atoms with Gasteiger partial charge in [-0.05, 0) is 25.8 Å². The van der Waals surface area contributed by atoms with Crippen molar-refractivity contribution in [1.82, 2.24) is 10.2 Å². The summed E-state index contributed by atoms with van der Waals surface area (Å²) in [5.74, 6) is 0.519. The predicted molar refractivity (Wildman–Crippen MR) is 62.0 cm³/mol. The number of hydrogen-bond donors (Lipinski definition) is 2. The number of likely N-dealkylation sites (tertiary alicyclic amines) is 1. The van der Waals surface area contributed by atoms with Crippen molar-refractivity contribution >= 4 is 18.3 Å². The third kappa shape index (κ3) is 3.06. The lowest BCUT2D eigenvalue weighted by Crippen LogP contribution is -2.48. The molecule has 2 aliphatic heterocycles. The van der Waals surface area contributed by atoms with Gasteiger partial charge in [-0.2, -0.15) is 0 Å². The molecule has 5 heteroatoms. The number of amides is 1. The summed E-state index contributed by atoms with van der Waals surface area (Å²) in [7, 11) is 0. The maximum absolute atomic E-state index is 12.0. The van der Waals surface area contributed by atoms with Crippen LogP contribution in [-0.2, 0) is 4.79 Å². The van der Waals surface area contributed by atoms with Crippen molar-refractivity contribution in [1.29, 1.82) is 0 Å². The molecular weight excluding hydrogens is 214 g/mol. The third-order valence-corrected chi connectivity index (χ3v) is 3.18. The highest BCUT2D eigenvalue weighted by Gasteiger charge is 2.29. The molecule has 3 N–H and O–H groups in total. The van der Waals surface area contributed by atoms with Crippen molar-refractivity contribution in [2.75, 3.05) is 26.2 Å². The van der Waals surface area contributed by atoms with E-state index in [0.29, 0.717) is 5.91 Å². The Morgan fingerprint density at radius 1 is 1.40 bits per heavy atom. The van der Waals surface area contributed by atoms with Gasteiger partial charge in [-0.25, -0.2) is 0 Å². The van der Waals surface area contributed by atoms with Crippen LogP contribution >= 0.6 is 12.4 Å². The summed E-state index contributed by atoms with van der Waals surface area (Å²) in [4.78, 5) is 13.9. The lowest BCUT2D eigenvalue weighted by Gasteiger charge is -2.32. The molecule has 0 aromatic heterocycles. The number of carbonyl (C=O) groups is 1. The minimum atomic E-state index is 0. The van der Waals surface area contributed by atoms with E-state index in [2.05, 4.69) is 5.32 Å². The summed E-state index contributed by atoms with van der Waals surface area (Å²) >= 11 is 0. The first-order chi connectivity index (χ1) is 6.77. The Hall–Kier alpha value is -0.320. The second-order valence-corrected chi connectivity index (χ2v) is 4.38. The van der Waals surface area contributed by atoms with Gasteiger partial charge < -0.3 is 16.0 Å². The monoisotopic (exact) mass is 233 g/mol. The number of piperidine rings is 1. The number of hydrogen-bond acceptors (Lipinski definition) is 3. The van der Waals surface area contributed by atoms with Gasteiger partial charge in [0, 0.05) is 25.7 Å². The molecule has 0 aromatic rings. The minimum Gasteiger partial charge on any atom is -0.341 e. The first-order valence-corrected chi connectivity index (χ1v) is 5.52. The van der Waals surface area contributed by atoms with E-state index < -0.39 is 0 Å². The van der Waals surface area contributed by atoms with Crippen LogP contribution in [0.3, 0.4) is 0 Å². The lowest BCUT2D eigenvalue weighted by atomic mass is 10.0. The smallest absolute Gasteiger partial charge is 0.227 e. The molecule has 15 heavy (non-hydrogen) atoms. The fourth-order valence-corrected chi connectivity index (χ4v) is 2.33. The molecule has 0 spiro atoms. The van der Waals surface area contributed by atoms with E-state index in [-0.39, 0.29) is 24.4 Å². The first kappa shape index (κ1) is 12.7. The maximum atomic E-state index is 12.0. The Bertz CT molecular complexity index is 219. The number of nitrogens with zero attached hydrogens (tertiary/aromatic N) is 1. The zero-order chi connectivity index (χ0) is 9.97. The van der Waals surface area contributed by atoms with Crippen LogP contribution in [0.25, 0.3) is 0 Å². The van der Waals surface area contributed by atoms with Gasteiger partial charge in [0.1, 0.15) is 0 Å². The van der Waals surface area contributed by atoms with Crippen molar-refractivity contribution in [3.63, 3.8) is 0 Å². The molecule has 1 unspecified atom stereocenters. The van der Waals surface area contributed by atoms with E-state index in [1.54, 1.807) is 0 Å². The van der Waals surface area contributed by atoms with Gasteiger partial charge in [0.15, 0.2) is 0 Å². The summed E-state index contributed by atoms with van der Waals surface area (Å²) in [5.41, 5.74) is 5.85. The molecule has 4 nitrogen and oxygen atoms in total. The van der Waals surface area contributed by atoms with Crippen molar-refractivity contribution in [2.45, 2.75) is 25.3 Å². The van der Waals surface area contributed by atoms with Gasteiger partial charge in [-0.1, -0.05) is 0 Å². The second kappa shape index (κ2) is 5.68. The van der Waals surface area contributed by atoms with E-state index in [0.717, 1.165) is 45.4 Å². The zero-order valence-electron chi connectivity index (χ0n) is 8.95. The summed E-state index contributed by atoms with van der Waals surface area (Å²) in [6.07, 6.45) is 3.12. The molecule has 2 rings (SSSR count). The van der Waals surface area contributed by atoms with Crippen LogP contribution < -0.4 is 11.1 Å². The molecule has 0 aromatic carbocycles. The van der Waals surface area contributed by atoms with Crippen LogP contribution in [0, 0.1) is 5.92 Å². The highest BCUT2D eigenvalue weighted by atomic mass is 35.5. The van der Waals surface area contributed by atoms with E-state index in [1.807, 2.05) is 4.90 Å². The van der Waals surface area contributed by atoms with Crippen LogP contribution in [0.1, 0.15) is 19.3 Å². The molecule has 0 bridgehead atoms. The van der Waals surface area contributed by atoms with E-state index in [1.165, 1.54) is 0 Å². The van der Waals surface area contributed by atoms with Gasteiger partial charge in [-0.15, -0.1) is 12.4 Å². The first-order valence-electron chi connectivity index (χ1n) is 5.52. The summed E-state index contributed by atoms with van der Waals surface area (Å²) in [6.45, 7) is 3.50. The van der Waals surface area contributed by atoms with Gasteiger partial charge in [-0.3, -0.25) is 4.79 Å². The number of nitrogens with two attached hydrogens (primary N) is 1. The SMILES string of the molecule is Cl.N[C@@H]1CCCN(C(=O)C2CCNC2)C1. The van der Waals surface area contributed by atoms with Crippen LogP contribution in [0.2, 0.25) is 0 Å². The topological polar surface area (TPSA) is 58.4 Å². The van der Waals surface area contributed by atoms with Crippen LogP contribution in [-0.4, -0.2) is 43.0 Å². The maximum Gasteiger partial charge on any atom is 0.227 e. The van der Waals surface area contributed by atoms with Crippen LogP contribution in [0.4, 0.5) is 0 Å². The van der Waals surface area contributed by atoms with Crippen molar-refractivity contribution in [2.24, 2.45) is 11.7 Å². The highest BCUT2D eigenvalue weighted by Crippen LogP contribution is 2.15. The summed E-state index contributed by atoms with van der Waals surface area (Å²) in [6, 6.07) is 0.196. The van der Waals surface area contributed by atoms with Crippen molar-refractivity contribution < 1.29 is 4.79 Å². The number of rotatable bonds is 1. The Kier molecular flexibility index (Phi) is 4.83. The summed E-state index contributed by atoms with van der Waals surface area (Å²) < 4.78 is 0. The average Bonchev–Trinajstić information content (AvgIpc) is 2.69. The number of nitrogens with one attached hydrogen (secondary N) is 1. The molecule has 2 aliphatic rings. The molecular formula is C10H20ClN3O. The Balaban J connectivity index is 0.00000112. The fraction of sp³-hybridized carbons (Fsp3) is 0.900. The van der Waals surface area contributed by atoms with Gasteiger partial charge >= 0.3 is 0 Å². The highest BCUT2D eigenvalue weighted by molar-refractivity contribution is 5.85. The van der Waals surface area contributed by atoms with Crippen molar-refractivity contribution in [3.8, 4) is 0 Å². The molecule has 2 fully saturated rings. The largest absolute Gasteiger partial charge is 0.341 e. The van der Waals surface area contributed by atoms with Gasteiger partial charge in [0.2, 0.25) is 5.91 Å². The van der Waals surface area contributed by atoms with E-state index in [4.69, 9.17) is 5.73 Å². The molecule has 88 valence electrons. The molecule has 0 aliphatic carbocycles. The van der Waals surface area contributed by atoms with E-state index in [9.17, 15) is 4.79 Å². The van der Waals surface area contributed by atoms with Crippen molar-refractivity contribution in [3.05, 3.63) is 0 Å². The standard InChI is InChI=1S/C10H19N3O.ClH/c11-9-2-1-5-13(7-9)10(14)8-3-4-12-6-8;/h8-9,12H,1-7,11H2;1H/t8?,9-;/m1./s1. The van der Waals surface area contributed by atoms with Gasteiger partial charge in [0.25, 0.3) is 0 Å². The fourth-order valence-electron chi connectivity index (χ4n) is 2.33. The minimum absolute atomic E-state index is 0. The normalized spacial score (nSPS) is 31.1.